The van der Waals surface area contributed by atoms with Crippen LogP contribution in [0.25, 0.3) is 0 Å². The van der Waals surface area contributed by atoms with Gasteiger partial charge >= 0.3 is 25.8 Å². The lowest BCUT2D eigenvalue weighted by molar-refractivity contribution is 0.0695. The second-order valence-electron chi connectivity index (χ2n) is 4.78. The maximum atomic E-state index is 11.0. The molecule has 118 valence electrons. The number of ether oxygens (including phenoxy) is 1. The molecule has 0 bridgehead atoms. The molecule has 0 saturated carbocycles. The molecular weight excluding hydrogens is 387 g/mol. The predicted molar refractivity (Wildman–Crippen MR) is 86.4 cm³/mol. The standard InChI is InChI=1S/C15H21IO5/c1-2-3-4-5-6-7-10-21-12-8-9-14(16(19)20)13(11-12)15(17)18/h8-9,11H,2-7,10H2,1H3,(H,17,18). The molecule has 0 aliphatic carbocycles. The number of halogens is 1. The number of carboxylic acid groups (broad SMARTS) is 1. The van der Waals surface area contributed by atoms with Crippen molar-refractivity contribution in [3.63, 3.8) is 0 Å². The normalized spacial score (nSPS) is 10.8. The zero-order chi connectivity index (χ0) is 15.7. The Balaban J connectivity index is 2.49. The van der Waals surface area contributed by atoms with Gasteiger partial charge in [-0.15, -0.1) is 0 Å². The molecule has 6 heteroatoms. The van der Waals surface area contributed by atoms with E-state index in [4.69, 9.17) is 9.84 Å². The van der Waals surface area contributed by atoms with E-state index in [1.54, 1.807) is 0 Å². The molecule has 0 unspecified atom stereocenters. The van der Waals surface area contributed by atoms with Gasteiger partial charge in [0, 0.05) is 0 Å². The fraction of sp³-hybridized carbons (Fsp3) is 0.533. The molecule has 0 fully saturated rings. The molecule has 0 spiro atoms. The summed E-state index contributed by atoms with van der Waals surface area (Å²) in [6, 6.07) is 4.11. The molecule has 1 aromatic carbocycles. The van der Waals surface area contributed by atoms with Gasteiger partial charge in [0.2, 0.25) is 0 Å². The van der Waals surface area contributed by atoms with E-state index in [0.717, 1.165) is 12.8 Å². The minimum absolute atomic E-state index is 0.0985. The zero-order valence-electron chi connectivity index (χ0n) is 12.1. The molecule has 1 aromatic rings. The van der Waals surface area contributed by atoms with Crippen LogP contribution < -0.4 is 4.74 Å². The summed E-state index contributed by atoms with van der Waals surface area (Å²) in [6.07, 6.45) is 6.87. The number of aromatic carboxylic acids is 1. The number of hydrogen-bond donors (Lipinski definition) is 1. The maximum absolute atomic E-state index is 11.0. The molecule has 5 nitrogen and oxygen atoms in total. The van der Waals surface area contributed by atoms with Crippen LogP contribution in [-0.2, 0) is 6.14 Å². The topological polar surface area (TPSA) is 80.7 Å². The first kappa shape index (κ1) is 17.9. The van der Waals surface area contributed by atoms with Crippen LogP contribution >= 0.6 is 19.8 Å². The third-order valence-electron chi connectivity index (χ3n) is 3.10. The SMILES string of the molecule is CCCCCCCCOc1ccc(I(=O)=O)c(C(=O)O)c1. The summed E-state index contributed by atoms with van der Waals surface area (Å²) in [5, 5.41) is 9.02. The first-order valence-corrected chi connectivity index (χ1v) is 9.95. The van der Waals surface area contributed by atoms with E-state index in [2.05, 4.69) is 6.92 Å². The fourth-order valence-corrected chi connectivity index (χ4v) is 3.30. The Labute approximate surface area is 131 Å². The Morgan fingerprint density at radius 3 is 2.43 bits per heavy atom. The molecule has 21 heavy (non-hydrogen) atoms. The fourth-order valence-electron chi connectivity index (χ4n) is 1.97. The highest BCUT2D eigenvalue weighted by Gasteiger charge is 2.15. The summed E-state index contributed by atoms with van der Waals surface area (Å²) in [5.41, 5.74) is -0.203. The van der Waals surface area contributed by atoms with Gasteiger partial charge in [-0.3, -0.25) is 0 Å². The highest BCUT2D eigenvalue weighted by molar-refractivity contribution is 14.2. The molecule has 1 N–H and O–H groups in total. The average molecular weight is 408 g/mol. The molecular formula is C15H21IO5. The summed E-state index contributed by atoms with van der Waals surface area (Å²) in [5.74, 6) is -0.841. The van der Waals surface area contributed by atoms with Crippen LogP contribution in [0.2, 0.25) is 0 Å². The van der Waals surface area contributed by atoms with E-state index in [-0.39, 0.29) is 9.13 Å². The number of carboxylic acids is 1. The smallest absolute Gasteiger partial charge is 0.341 e. The van der Waals surface area contributed by atoms with E-state index in [0.29, 0.717) is 12.4 Å². The molecule has 0 atom stereocenters. The summed E-state index contributed by atoms with van der Waals surface area (Å²) >= 11 is -3.80. The first-order valence-electron chi connectivity index (χ1n) is 7.11. The van der Waals surface area contributed by atoms with Crippen molar-refractivity contribution < 1.29 is 20.8 Å². The van der Waals surface area contributed by atoms with Crippen LogP contribution in [0.15, 0.2) is 18.2 Å². The van der Waals surface area contributed by atoms with Crippen molar-refractivity contribution in [2.75, 3.05) is 6.61 Å². The van der Waals surface area contributed by atoms with Gasteiger partial charge in [-0.1, -0.05) is 39.0 Å². The Morgan fingerprint density at radius 1 is 1.14 bits per heavy atom. The molecule has 1 rings (SSSR count). The van der Waals surface area contributed by atoms with Crippen LogP contribution in [0.5, 0.6) is 5.75 Å². The van der Waals surface area contributed by atoms with Crippen LogP contribution in [0, 0.1) is 3.57 Å². The highest BCUT2D eigenvalue weighted by atomic mass is 127. The Kier molecular flexibility index (Phi) is 8.26. The van der Waals surface area contributed by atoms with Crippen LogP contribution in [-0.4, -0.2) is 17.7 Å². The number of carbonyl (C=O) groups is 1. The molecule has 0 radical (unpaired) electrons. The first-order chi connectivity index (χ1) is 10.1. The van der Waals surface area contributed by atoms with Gasteiger partial charge in [0.1, 0.15) is 5.75 Å². The summed E-state index contributed by atoms with van der Waals surface area (Å²) in [7, 11) is 0. The number of hydrogen-bond acceptors (Lipinski definition) is 4. The molecule has 0 aliphatic heterocycles. The van der Waals surface area contributed by atoms with Crippen molar-refractivity contribution in [3.8, 4) is 5.75 Å². The van der Waals surface area contributed by atoms with Gasteiger partial charge in [0.25, 0.3) is 0 Å². The lowest BCUT2D eigenvalue weighted by Gasteiger charge is -2.07. The summed E-state index contributed by atoms with van der Waals surface area (Å²) < 4.78 is 27.5. The number of rotatable bonds is 10. The van der Waals surface area contributed by atoms with Crippen molar-refractivity contribution in [1.29, 1.82) is 0 Å². The van der Waals surface area contributed by atoms with Crippen molar-refractivity contribution >= 4 is 25.8 Å². The number of benzene rings is 1. The van der Waals surface area contributed by atoms with Crippen molar-refractivity contribution in [3.05, 3.63) is 27.3 Å². The summed E-state index contributed by atoms with van der Waals surface area (Å²) in [6.45, 7) is 2.69. The van der Waals surface area contributed by atoms with Gasteiger partial charge in [0.15, 0.2) is 0 Å². The monoisotopic (exact) mass is 408 g/mol. The van der Waals surface area contributed by atoms with Gasteiger partial charge in [0.05, 0.1) is 15.7 Å². The van der Waals surface area contributed by atoms with Crippen LogP contribution in [0.4, 0.5) is 0 Å². The van der Waals surface area contributed by atoms with Gasteiger partial charge < -0.3 is 9.84 Å². The van der Waals surface area contributed by atoms with Gasteiger partial charge in [-0.2, -0.15) is 0 Å². The second-order valence-corrected chi connectivity index (χ2v) is 7.18. The molecule has 0 amide bonds. The quantitative estimate of drug-likeness (QED) is 0.456. The largest absolute Gasteiger partial charge is 0.494 e. The van der Waals surface area contributed by atoms with E-state index >= 15 is 0 Å². The molecule has 0 heterocycles. The maximum Gasteiger partial charge on any atom is 0.341 e. The van der Waals surface area contributed by atoms with E-state index in [1.165, 1.54) is 43.9 Å². The van der Waals surface area contributed by atoms with Crippen LogP contribution in [0.3, 0.4) is 0 Å². The third-order valence-corrected chi connectivity index (χ3v) is 4.99. The minimum Gasteiger partial charge on any atom is -0.494 e. The van der Waals surface area contributed by atoms with E-state index in [1.807, 2.05) is 0 Å². The zero-order valence-corrected chi connectivity index (χ0v) is 14.3. The van der Waals surface area contributed by atoms with Gasteiger partial charge in [-0.25, -0.2) is 10.9 Å². The van der Waals surface area contributed by atoms with Crippen molar-refractivity contribution in [2.45, 2.75) is 45.4 Å². The molecule has 0 aliphatic rings. The molecule has 0 aromatic heterocycles. The minimum atomic E-state index is -3.80. The van der Waals surface area contributed by atoms with Crippen molar-refractivity contribution in [1.82, 2.24) is 0 Å². The van der Waals surface area contributed by atoms with E-state index < -0.39 is 25.8 Å². The van der Waals surface area contributed by atoms with Gasteiger partial charge in [-0.05, 0) is 24.6 Å². The Hall–Kier alpha value is -1.18. The average Bonchev–Trinajstić information content (AvgIpc) is 2.46. The van der Waals surface area contributed by atoms with Crippen molar-refractivity contribution in [2.24, 2.45) is 0 Å². The van der Waals surface area contributed by atoms with E-state index in [9.17, 15) is 10.9 Å². The third kappa shape index (κ3) is 6.41. The van der Waals surface area contributed by atoms with Crippen LogP contribution in [0.1, 0.15) is 55.8 Å². The number of unbranched alkanes of at least 4 members (excludes halogenated alkanes) is 5. The lowest BCUT2D eigenvalue weighted by Crippen LogP contribution is -2.03. The Morgan fingerprint density at radius 2 is 1.81 bits per heavy atom. The second kappa shape index (κ2) is 9.70. The lowest BCUT2D eigenvalue weighted by atomic mass is 10.1. The Bertz CT molecular complexity index is 529. The summed E-state index contributed by atoms with van der Waals surface area (Å²) in [4.78, 5) is 11.0. The predicted octanol–water partition coefficient (Wildman–Crippen LogP) is 4.49. The molecule has 0 saturated heterocycles. The highest BCUT2D eigenvalue weighted by Crippen LogP contribution is 2.26.